The van der Waals surface area contributed by atoms with Gasteiger partial charge in [0, 0.05) is 25.0 Å². The molecule has 23 heavy (non-hydrogen) atoms. The topological polar surface area (TPSA) is 18.8 Å². The van der Waals surface area contributed by atoms with Crippen molar-refractivity contribution in [1.29, 1.82) is 0 Å². The minimum Gasteiger partial charge on any atom is -0.368 e. The SMILES string of the molecule is C/C(C=NN1CCN(c2ccccc2)CC1)=C\c1ccccc1. The first kappa shape index (κ1) is 15.3. The molecular weight excluding hydrogens is 282 g/mol. The van der Waals surface area contributed by atoms with Crippen LogP contribution in [0, 0.1) is 0 Å². The van der Waals surface area contributed by atoms with Gasteiger partial charge in [0.1, 0.15) is 0 Å². The predicted molar refractivity (Wildman–Crippen MR) is 98.8 cm³/mol. The van der Waals surface area contributed by atoms with E-state index in [1.54, 1.807) is 0 Å². The Morgan fingerprint density at radius 1 is 0.870 bits per heavy atom. The summed E-state index contributed by atoms with van der Waals surface area (Å²) in [5, 5.41) is 6.78. The summed E-state index contributed by atoms with van der Waals surface area (Å²) in [5.41, 5.74) is 3.68. The Hall–Kier alpha value is -2.55. The van der Waals surface area contributed by atoms with Crippen molar-refractivity contribution in [2.24, 2.45) is 5.10 Å². The van der Waals surface area contributed by atoms with E-state index < -0.39 is 0 Å². The molecule has 2 aromatic carbocycles. The van der Waals surface area contributed by atoms with Crippen LogP contribution >= 0.6 is 0 Å². The van der Waals surface area contributed by atoms with Gasteiger partial charge in [-0.2, -0.15) is 5.10 Å². The number of rotatable bonds is 4. The highest BCUT2D eigenvalue weighted by molar-refractivity contribution is 5.84. The Morgan fingerprint density at radius 2 is 1.48 bits per heavy atom. The largest absolute Gasteiger partial charge is 0.368 e. The lowest BCUT2D eigenvalue weighted by molar-refractivity contribution is 0.272. The molecule has 0 radical (unpaired) electrons. The molecule has 0 aromatic heterocycles. The predicted octanol–water partition coefficient (Wildman–Crippen LogP) is 3.90. The lowest BCUT2D eigenvalue weighted by Crippen LogP contribution is -2.44. The van der Waals surface area contributed by atoms with Gasteiger partial charge in [0.05, 0.1) is 13.1 Å². The Labute approximate surface area is 138 Å². The van der Waals surface area contributed by atoms with Gasteiger partial charge in [0.25, 0.3) is 0 Å². The van der Waals surface area contributed by atoms with Crippen LogP contribution in [-0.2, 0) is 0 Å². The van der Waals surface area contributed by atoms with Gasteiger partial charge < -0.3 is 4.90 Å². The van der Waals surface area contributed by atoms with Crippen molar-refractivity contribution in [3.8, 4) is 0 Å². The molecular formula is C20H23N3. The van der Waals surface area contributed by atoms with E-state index in [0.717, 1.165) is 26.2 Å². The number of hydrogen-bond donors (Lipinski definition) is 0. The zero-order chi connectivity index (χ0) is 15.9. The fourth-order valence-electron chi connectivity index (χ4n) is 2.73. The molecule has 0 amide bonds. The minimum absolute atomic E-state index is 0.962. The smallest absolute Gasteiger partial charge is 0.0536 e. The summed E-state index contributed by atoms with van der Waals surface area (Å²) in [5.74, 6) is 0. The Balaban J connectivity index is 1.53. The van der Waals surface area contributed by atoms with Gasteiger partial charge in [-0.3, -0.25) is 5.01 Å². The lowest BCUT2D eigenvalue weighted by atomic mass is 10.1. The Morgan fingerprint density at radius 3 is 2.13 bits per heavy atom. The molecule has 2 aromatic rings. The molecule has 1 fully saturated rings. The van der Waals surface area contributed by atoms with Crippen molar-refractivity contribution in [2.75, 3.05) is 31.1 Å². The molecule has 1 aliphatic rings. The van der Waals surface area contributed by atoms with Crippen molar-refractivity contribution in [1.82, 2.24) is 5.01 Å². The lowest BCUT2D eigenvalue weighted by Gasteiger charge is -2.34. The van der Waals surface area contributed by atoms with Crippen LogP contribution in [0.4, 0.5) is 5.69 Å². The van der Waals surface area contributed by atoms with Gasteiger partial charge in [-0.1, -0.05) is 54.6 Å². The van der Waals surface area contributed by atoms with Crippen LogP contribution in [0.5, 0.6) is 0 Å². The first-order valence-corrected chi connectivity index (χ1v) is 8.13. The molecule has 0 saturated carbocycles. The van der Waals surface area contributed by atoms with E-state index in [-0.39, 0.29) is 0 Å². The summed E-state index contributed by atoms with van der Waals surface area (Å²) in [6, 6.07) is 21.0. The number of hydrazone groups is 1. The van der Waals surface area contributed by atoms with Crippen LogP contribution in [0.25, 0.3) is 6.08 Å². The summed E-state index contributed by atoms with van der Waals surface area (Å²) >= 11 is 0. The highest BCUT2D eigenvalue weighted by Crippen LogP contribution is 2.15. The molecule has 0 N–H and O–H groups in total. The van der Waals surface area contributed by atoms with Crippen molar-refractivity contribution in [3.05, 3.63) is 71.8 Å². The van der Waals surface area contributed by atoms with E-state index in [4.69, 9.17) is 0 Å². The summed E-state index contributed by atoms with van der Waals surface area (Å²) < 4.78 is 0. The maximum atomic E-state index is 4.62. The Kier molecular flexibility index (Phi) is 5.09. The first-order valence-electron chi connectivity index (χ1n) is 8.13. The molecule has 1 saturated heterocycles. The number of nitrogens with zero attached hydrogens (tertiary/aromatic N) is 3. The van der Waals surface area contributed by atoms with Crippen LogP contribution in [0.2, 0.25) is 0 Å². The van der Waals surface area contributed by atoms with Crippen LogP contribution in [-0.4, -0.2) is 37.4 Å². The first-order chi connectivity index (χ1) is 11.3. The van der Waals surface area contributed by atoms with Gasteiger partial charge >= 0.3 is 0 Å². The second-order valence-corrected chi connectivity index (χ2v) is 5.82. The third kappa shape index (κ3) is 4.46. The van der Waals surface area contributed by atoms with Crippen molar-refractivity contribution in [3.63, 3.8) is 0 Å². The molecule has 0 atom stereocenters. The molecule has 118 valence electrons. The molecule has 3 nitrogen and oxygen atoms in total. The third-order valence-corrected chi connectivity index (χ3v) is 4.00. The van der Waals surface area contributed by atoms with E-state index in [9.17, 15) is 0 Å². The zero-order valence-corrected chi connectivity index (χ0v) is 13.6. The van der Waals surface area contributed by atoms with Gasteiger partial charge in [-0.05, 0) is 30.2 Å². The summed E-state index contributed by atoms with van der Waals surface area (Å²) in [7, 11) is 0. The monoisotopic (exact) mass is 305 g/mol. The maximum absolute atomic E-state index is 4.62. The normalized spacial score (nSPS) is 16.1. The highest BCUT2D eigenvalue weighted by atomic mass is 15.5. The molecule has 1 aliphatic heterocycles. The quantitative estimate of drug-likeness (QED) is 0.798. The second-order valence-electron chi connectivity index (χ2n) is 5.82. The standard InChI is InChI=1S/C20H23N3/c1-18(16-19-8-4-2-5-9-19)17-21-23-14-12-22(13-15-23)20-10-6-3-7-11-20/h2-11,16-17H,12-15H2,1H3/b18-16+,21-17?. The molecule has 3 heteroatoms. The van der Waals surface area contributed by atoms with E-state index >= 15 is 0 Å². The number of hydrogen-bond acceptors (Lipinski definition) is 3. The number of anilines is 1. The summed E-state index contributed by atoms with van der Waals surface area (Å²) in [6.07, 6.45) is 4.12. The second kappa shape index (κ2) is 7.63. The van der Waals surface area contributed by atoms with Crippen LogP contribution in [0.15, 0.2) is 71.3 Å². The van der Waals surface area contributed by atoms with Gasteiger partial charge in [0.15, 0.2) is 0 Å². The van der Waals surface area contributed by atoms with Crippen molar-refractivity contribution < 1.29 is 0 Å². The molecule has 0 spiro atoms. The molecule has 3 rings (SSSR count). The minimum atomic E-state index is 0.962. The molecule has 0 aliphatic carbocycles. The van der Waals surface area contributed by atoms with E-state index in [1.807, 2.05) is 12.3 Å². The highest BCUT2D eigenvalue weighted by Gasteiger charge is 2.15. The number of piperazine rings is 1. The maximum Gasteiger partial charge on any atom is 0.0536 e. The fourth-order valence-corrected chi connectivity index (χ4v) is 2.73. The molecule has 0 unspecified atom stereocenters. The third-order valence-electron chi connectivity index (χ3n) is 4.00. The van der Waals surface area contributed by atoms with Crippen LogP contribution in [0.1, 0.15) is 12.5 Å². The Bertz CT molecular complexity index is 654. The summed E-state index contributed by atoms with van der Waals surface area (Å²) in [6.45, 7) is 6.05. The molecule has 1 heterocycles. The van der Waals surface area contributed by atoms with Gasteiger partial charge in [-0.25, -0.2) is 0 Å². The summed E-state index contributed by atoms with van der Waals surface area (Å²) in [4.78, 5) is 2.42. The van der Waals surface area contributed by atoms with Crippen molar-refractivity contribution >= 4 is 18.0 Å². The van der Waals surface area contributed by atoms with Gasteiger partial charge in [-0.15, -0.1) is 0 Å². The van der Waals surface area contributed by atoms with Gasteiger partial charge in [0.2, 0.25) is 0 Å². The van der Waals surface area contributed by atoms with Crippen LogP contribution in [0.3, 0.4) is 0 Å². The van der Waals surface area contributed by atoms with E-state index in [2.05, 4.69) is 82.6 Å². The fraction of sp³-hybridized carbons (Fsp3) is 0.250. The number of para-hydroxylation sites is 1. The molecule has 0 bridgehead atoms. The van der Waals surface area contributed by atoms with Crippen molar-refractivity contribution in [2.45, 2.75) is 6.92 Å². The van der Waals surface area contributed by atoms with E-state index in [0.29, 0.717) is 0 Å². The average Bonchev–Trinajstić information content (AvgIpc) is 2.62. The zero-order valence-electron chi connectivity index (χ0n) is 13.6. The average molecular weight is 305 g/mol. The number of allylic oxidation sites excluding steroid dienone is 1. The van der Waals surface area contributed by atoms with Crippen LogP contribution < -0.4 is 4.90 Å². The number of benzene rings is 2. The van der Waals surface area contributed by atoms with E-state index in [1.165, 1.54) is 16.8 Å².